The number of rotatable bonds is 0. The summed E-state index contributed by atoms with van der Waals surface area (Å²) in [6.07, 6.45) is 2.92. The molecule has 0 saturated carbocycles. The van der Waals surface area contributed by atoms with Crippen molar-refractivity contribution in [2.75, 3.05) is 31.6 Å². The van der Waals surface area contributed by atoms with Crippen LogP contribution in [0.2, 0.25) is 0 Å². The molecule has 0 N–H and O–H groups in total. The second-order valence-corrected chi connectivity index (χ2v) is 5.83. The third-order valence-electron chi connectivity index (χ3n) is 4.52. The maximum Gasteiger partial charge on any atom is 0.132 e. The van der Waals surface area contributed by atoms with Gasteiger partial charge in [0.05, 0.1) is 6.04 Å². The molecule has 2 aromatic rings. The maximum atomic E-state index is 4.68. The van der Waals surface area contributed by atoms with Crippen molar-refractivity contribution >= 4 is 18.2 Å². The number of piperazine rings is 1. The molecule has 4 rings (SSSR count). The van der Waals surface area contributed by atoms with E-state index >= 15 is 0 Å². The molecule has 110 valence electrons. The molecule has 0 aliphatic carbocycles. The van der Waals surface area contributed by atoms with E-state index in [1.54, 1.807) is 0 Å². The van der Waals surface area contributed by atoms with Gasteiger partial charge in [0.2, 0.25) is 0 Å². The molecule has 2 aliphatic heterocycles. The van der Waals surface area contributed by atoms with Gasteiger partial charge in [-0.3, -0.25) is 0 Å². The van der Waals surface area contributed by atoms with E-state index in [0.29, 0.717) is 6.04 Å². The van der Waals surface area contributed by atoms with E-state index in [2.05, 4.69) is 58.2 Å². The fourth-order valence-electron chi connectivity index (χ4n) is 3.49. The first-order valence-electron chi connectivity index (χ1n) is 7.30. The molecular formula is C17H20ClN3. The summed E-state index contributed by atoms with van der Waals surface area (Å²) < 4.78 is 0. The highest BCUT2D eigenvalue weighted by Gasteiger charge is 2.32. The monoisotopic (exact) mass is 301 g/mol. The van der Waals surface area contributed by atoms with Gasteiger partial charge in [-0.25, -0.2) is 4.98 Å². The summed E-state index contributed by atoms with van der Waals surface area (Å²) in [4.78, 5) is 9.60. The summed E-state index contributed by atoms with van der Waals surface area (Å²) in [6, 6.07) is 13.6. The molecule has 0 radical (unpaired) electrons. The summed E-state index contributed by atoms with van der Waals surface area (Å²) in [7, 11) is 2.21. The van der Waals surface area contributed by atoms with Crippen LogP contribution >= 0.6 is 12.4 Å². The number of hydrogen-bond acceptors (Lipinski definition) is 3. The van der Waals surface area contributed by atoms with Crippen LogP contribution in [0.25, 0.3) is 0 Å². The van der Waals surface area contributed by atoms with Gasteiger partial charge in [0, 0.05) is 32.3 Å². The van der Waals surface area contributed by atoms with Crippen molar-refractivity contribution in [1.82, 2.24) is 9.88 Å². The minimum Gasteiger partial charge on any atom is -0.347 e. The van der Waals surface area contributed by atoms with E-state index in [-0.39, 0.29) is 12.4 Å². The molecule has 21 heavy (non-hydrogen) atoms. The number of fused-ring (bicyclic) bond motifs is 5. The lowest BCUT2D eigenvalue weighted by Gasteiger charge is -2.41. The number of halogens is 1. The lowest BCUT2D eigenvalue weighted by Crippen LogP contribution is -2.47. The second kappa shape index (κ2) is 5.66. The van der Waals surface area contributed by atoms with Crippen LogP contribution in [0.4, 0.5) is 5.82 Å². The number of anilines is 1. The van der Waals surface area contributed by atoms with Crippen LogP contribution < -0.4 is 4.90 Å². The Morgan fingerprint density at radius 2 is 1.86 bits per heavy atom. The summed E-state index contributed by atoms with van der Waals surface area (Å²) in [5.41, 5.74) is 4.27. The average molecular weight is 302 g/mol. The first kappa shape index (κ1) is 14.4. The van der Waals surface area contributed by atoms with Crippen molar-refractivity contribution in [3.05, 3.63) is 59.3 Å². The lowest BCUT2D eigenvalue weighted by atomic mass is 9.96. The molecule has 1 fully saturated rings. The highest BCUT2D eigenvalue weighted by atomic mass is 35.5. The summed E-state index contributed by atoms with van der Waals surface area (Å²) in [6.45, 7) is 3.24. The molecule has 0 bridgehead atoms. The Morgan fingerprint density at radius 3 is 2.76 bits per heavy atom. The van der Waals surface area contributed by atoms with Crippen molar-refractivity contribution in [3.8, 4) is 0 Å². The number of benzene rings is 1. The molecule has 2 aliphatic rings. The maximum absolute atomic E-state index is 4.68. The van der Waals surface area contributed by atoms with E-state index < -0.39 is 0 Å². The normalized spacial score (nSPS) is 20.6. The minimum atomic E-state index is 0. The van der Waals surface area contributed by atoms with Gasteiger partial charge in [-0.2, -0.15) is 0 Å². The van der Waals surface area contributed by atoms with Crippen molar-refractivity contribution in [2.45, 2.75) is 12.5 Å². The molecule has 0 unspecified atom stereocenters. The van der Waals surface area contributed by atoms with Crippen molar-refractivity contribution < 1.29 is 0 Å². The predicted molar refractivity (Wildman–Crippen MR) is 88.3 cm³/mol. The van der Waals surface area contributed by atoms with Gasteiger partial charge in [-0.05, 0) is 29.8 Å². The Balaban J connectivity index is 0.00000132. The molecule has 1 atom stereocenters. The Hall–Kier alpha value is -1.58. The Bertz CT molecular complexity index is 643. The summed E-state index contributed by atoms with van der Waals surface area (Å²) in [5.74, 6) is 1.18. The number of pyridine rings is 1. The first-order chi connectivity index (χ1) is 9.83. The smallest absolute Gasteiger partial charge is 0.132 e. The molecule has 3 heterocycles. The Kier molecular flexibility index (Phi) is 3.87. The predicted octanol–water partition coefficient (Wildman–Crippen LogP) is 2.90. The number of aromatic nitrogens is 1. The van der Waals surface area contributed by atoms with Crippen LogP contribution in [-0.4, -0.2) is 36.6 Å². The molecule has 3 nitrogen and oxygen atoms in total. The quantitative estimate of drug-likeness (QED) is 0.746. The van der Waals surface area contributed by atoms with E-state index in [1.165, 1.54) is 22.5 Å². The fraction of sp³-hybridized carbons (Fsp3) is 0.353. The summed E-state index contributed by atoms with van der Waals surface area (Å²) >= 11 is 0. The van der Waals surface area contributed by atoms with Crippen LogP contribution in [0, 0.1) is 0 Å². The van der Waals surface area contributed by atoms with Crippen LogP contribution in [0.15, 0.2) is 42.6 Å². The number of nitrogens with zero attached hydrogens (tertiary/aromatic N) is 3. The summed E-state index contributed by atoms with van der Waals surface area (Å²) in [5, 5.41) is 0. The Morgan fingerprint density at radius 1 is 1.05 bits per heavy atom. The van der Waals surface area contributed by atoms with Crippen molar-refractivity contribution in [1.29, 1.82) is 0 Å². The molecule has 0 amide bonds. The highest BCUT2D eigenvalue weighted by Crippen LogP contribution is 2.37. The van der Waals surface area contributed by atoms with Gasteiger partial charge < -0.3 is 9.80 Å². The van der Waals surface area contributed by atoms with Crippen molar-refractivity contribution in [3.63, 3.8) is 0 Å². The van der Waals surface area contributed by atoms with Gasteiger partial charge in [0.1, 0.15) is 5.82 Å². The number of hydrogen-bond donors (Lipinski definition) is 0. The SMILES string of the molecule is CN1CCN2c3ncccc3Cc3ccccc3[C@H]2C1.Cl. The third kappa shape index (κ3) is 2.41. The van der Waals surface area contributed by atoms with Gasteiger partial charge >= 0.3 is 0 Å². The zero-order valence-electron chi connectivity index (χ0n) is 12.2. The van der Waals surface area contributed by atoms with Gasteiger partial charge in [-0.15, -0.1) is 12.4 Å². The van der Waals surface area contributed by atoms with Crippen LogP contribution in [0.3, 0.4) is 0 Å². The molecule has 1 aromatic carbocycles. The van der Waals surface area contributed by atoms with E-state index in [0.717, 1.165) is 26.1 Å². The molecule has 4 heteroatoms. The Labute approximate surface area is 132 Å². The van der Waals surface area contributed by atoms with Crippen LogP contribution in [-0.2, 0) is 6.42 Å². The van der Waals surface area contributed by atoms with Gasteiger partial charge in [-0.1, -0.05) is 30.3 Å². The lowest BCUT2D eigenvalue weighted by molar-refractivity contribution is 0.268. The average Bonchev–Trinajstić information content (AvgIpc) is 2.61. The fourth-order valence-corrected chi connectivity index (χ4v) is 3.49. The van der Waals surface area contributed by atoms with Gasteiger partial charge in [0.15, 0.2) is 0 Å². The molecule has 1 saturated heterocycles. The zero-order valence-corrected chi connectivity index (χ0v) is 13.0. The largest absolute Gasteiger partial charge is 0.347 e. The van der Waals surface area contributed by atoms with Crippen LogP contribution in [0.5, 0.6) is 0 Å². The van der Waals surface area contributed by atoms with Gasteiger partial charge in [0.25, 0.3) is 0 Å². The van der Waals surface area contributed by atoms with E-state index in [1.807, 2.05) is 6.20 Å². The first-order valence-corrected chi connectivity index (χ1v) is 7.30. The number of likely N-dealkylation sites (N-methyl/N-ethyl adjacent to an activating group) is 1. The van der Waals surface area contributed by atoms with E-state index in [9.17, 15) is 0 Å². The third-order valence-corrected chi connectivity index (χ3v) is 4.52. The second-order valence-electron chi connectivity index (χ2n) is 5.83. The standard InChI is InChI=1S/C17H19N3.ClH/c1-19-9-10-20-16(12-19)15-7-3-2-5-13(15)11-14-6-4-8-18-17(14)20;/h2-8,16H,9-12H2,1H3;1H/t16-;/m1./s1. The van der Waals surface area contributed by atoms with Crippen LogP contribution in [0.1, 0.15) is 22.7 Å². The topological polar surface area (TPSA) is 19.4 Å². The molecule has 1 aromatic heterocycles. The highest BCUT2D eigenvalue weighted by molar-refractivity contribution is 5.85. The van der Waals surface area contributed by atoms with Crippen molar-refractivity contribution in [2.24, 2.45) is 0 Å². The minimum absolute atomic E-state index is 0. The molecular weight excluding hydrogens is 282 g/mol. The van der Waals surface area contributed by atoms with E-state index in [4.69, 9.17) is 0 Å². The zero-order chi connectivity index (χ0) is 13.5. The molecule has 0 spiro atoms.